The van der Waals surface area contributed by atoms with Crippen molar-refractivity contribution in [2.75, 3.05) is 0 Å². The predicted molar refractivity (Wildman–Crippen MR) is 87.1 cm³/mol. The number of hydrogen-bond acceptors (Lipinski definition) is 1. The molecule has 2 rings (SSSR count). The predicted octanol–water partition coefficient (Wildman–Crippen LogP) is 6.30. The van der Waals surface area contributed by atoms with Crippen LogP contribution in [-0.2, 0) is 0 Å². The molecule has 2 aromatic rings. The van der Waals surface area contributed by atoms with Gasteiger partial charge in [-0.05, 0) is 34.9 Å². The van der Waals surface area contributed by atoms with Crippen molar-refractivity contribution < 1.29 is 0 Å². The van der Waals surface area contributed by atoms with E-state index in [-0.39, 0.29) is 0 Å². The summed E-state index contributed by atoms with van der Waals surface area (Å²) in [4.78, 5) is 2.96. The largest absolute Gasteiger partial charge is 0.140 e. The summed E-state index contributed by atoms with van der Waals surface area (Å²) in [6.07, 6.45) is 0. The van der Waals surface area contributed by atoms with Gasteiger partial charge in [0.25, 0.3) is 0 Å². The van der Waals surface area contributed by atoms with Gasteiger partial charge in [-0.2, -0.15) is 0 Å². The molecular formula is C18H24S. The van der Waals surface area contributed by atoms with E-state index in [9.17, 15) is 0 Å². The Morgan fingerprint density at radius 3 is 2.05 bits per heavy atom. The maximum absolute atomic E-state index is 2.42. The summed E-state index contributed by atoms with van der Waals surface area (Å²) in [5, 5.41) is 0. The first-order valence-corrected chi connectivity index (χ1v) is 8.01. The summed E-state index contributed by atoms with van der Waals surface area (Å²) < 4.78 is 0. The Labute approximate surface area is 121 Å². The third-order valence-electron chi connectivity index (χ3n) is 3.86. The SMILES string of the molecule is CC(C)c1sc(-c2ccccc2)cc1C(C)C(C)C. The van der Waals surface area contributed by atoms with E-state index < -0.39 is 0 Å². The topological polar surface area (TPSA) is 0 Å². The molecule has 0 N–H and O–H groups in total. The first kappa shape index (κ1) is 14.3. The second-order valence-electron chi connectivity index (χ2n) is 5.98. The van der Waals surface area contributed by atoms with Crippen LogP contribution in [0.1, 0.15) is 56.9 Å². The van der Waals surface area contributed by atoms with Crippen LogP contribution in [0, 0.1) is 5.92 Å². The molecule has 1 heterocycles. The van der Waals surface area contributed by atoms with E-state index in [1.165, 1.54) is 10.4 Å². The molecule has 0 amide bonds. The Kier molecular flexibility index (Phi) is 4.46. The molecule has 0 aliphatic heterocycles. The minimum absolute atomic E-state index is 0.610. The molecule has 0 radical (unpaired) electrons. The lowest BCUT2D eigenvalue weighted by Gasteiger charge is -2.17. The monoisotopic (exact) mass is 272 g/mol. The second-order valence-corrected chi connectivity index (χ2v) is 7.07. The van der Waals surface area contributed by atoms with Crippen molar-refractivity contribution in [3.63, 3.8) is 0 Å². The smallest absolute Gasteiger partial charge is 0.0348 e. The summed E-state index contributed by atoms with van der Waals surface area (Å²) in [7, 11) is 0. The lowest BCUT2D eigenvalue weighted by Crippen LogP contribution is -2.03. The first-order valence-electron chi connectivity index (χ1n) is 7.19. The van der Waals surface area contributed by atoms with Crippen molar-refractivity contribution >= 4 is 11.3 Å². The molecular weight excluding hydrogens is 248 g/mol. The highest BCUT2D eigenvalue weighted by atomic mass is 32.1. The van der Waals surface area contributed by atoms with E-state index in [1.807, 2.05) is 11.3 Å². The van der Waals surface area contributed by atoms with Gasteiger partial charge in [0, 0.05) is 9.75 Å². The average Bonchev–Trinajstić information content (AvgIpc) is 2.83. The van der Waals surface area contributed by atoms with Crippen LogP contribution in [0.15, 0.2) is 36.4 Å². The molecule has 0 aliphatic carbocycles. The van der Waals surface area contributed by atoms with E-state index in [0.717, 1.165) is 0 Å². The van der Waals surface area contributed by atoms with Crippen LogP contribution < -0.4 is 0 Å². The molecule has 102 valence electrons. The van der Waals surface area contributed by atoms with Gasteiger partial charge in [-0.25, -0.2) is 0 Å². The molecule has 0 nitrogen and oxygen atoms in total. The normalized spacial score (nSPS) is 13.2. The van der Waals surface area contributed by atoms with E-state index in [2.05, 4.69) is 71.0 Å². The van der Waals surface area contributed by atoms with Crippen LogP contribution in [0.4, 0.5) is 0 Å². The van der Waals surface area contributed by atoms with Crippen LogP contribution in [0.3, 0.4) is 0 Å². The fraction of sp³-hybridized carbons (Fsp3) is 0.444. The maximum Gasteiger partial charge on any atom is 0.0348 e. The highest BCUT2D eigenvalue weighted by Crippen LogP contribution is 2.40. The Morgan fingerprint density at radius 2 is 1.53 bits per heavy atom. The highest BCUT2D eigenvalue weighted by Gasteiger charge is 2.19. The molecule has 1 unspecified atom stereocenters. The zero-order valence-electron chi connectivity index (χ0n) is 12.6. The summed E-state index contributed by atoms with van der Waals surface area (Å²) in [6.45, 7) is 11.6. The molecule has 0 fully saturated rings. The number of rotatable bonds is 4. The Bertz CT molecular complexity index is 520. The van der Waals surface area contributed by atoms with E-state index in [4.69, 9.17) is 0 Å². The first-order chi connectivity index (χ1) is 9.00. The summed E-state index contributed by atoms with van der Waals surface area (Å²) in [6, 6.07) is 13.2. The van der Waals surface area contributed by atoms with Gasteiger partial charge in [-0.1, -0.05) is 65.0 Å². The number of thiophene rings is 1. The quantitative estimate of drug-likeness (QED) is 0.613. The van der Waals surface area contributed by atoms with Gasteiger partial charge in [0.2, 0.25) is 0 Å². The second kappa shape index (κ2) is 5.92. The standard InChI is InChI=1S/C18H24S/c1-12(2)14(5)16-11-17(19-18(16)13(3)4)15-9-7-6-8-10-15/h6-14H,1-5H3. The van der Waals surface area contributed by atoms with Crippen molar-refractivity contribution in [3.05, 3.63) is 46.8 Å². The van der Waals surface area contributed by atoms with Gasteiger partial charge in [0.05, 0.1) is 0 Å². The Hall–Kier alpha value is -1.08. The summed E-state index contributed by atoms with van der Waals surface area (Å²) in [5.74, 6) is 1.93. The summed E-state index contributed by atoms with van der Waals surface area (Å²) in [5.41, 5.74) is 2.89. The molecule has 19 heavy (non-hydrogen) atoms. The van der Waals surface area contributed by atoms with Crippen LogP contribution in [0.2, 0.25) is 0 Å². The van der Waals surface area contributed by atoms with Crippen molar-refractivity contribution in [1.82, 2.24) is 0 Å². The van der Waals surface area contributed by atoms with Crippen LogP contribution in [0.5, 0.6) is 0 Å². The Morgan fingerprint density at radius 1 is 0.895 bits per heavy atom. The number of hydrogen-bond donors (Lipinski definition) is 0. The van der Waals surface area contributed by atoms with Crippen LogP contribution in [-0.4, -0.2) is 0 Å². The maximum atomic E-state index is 2.42. The minimum Gasteiger partial charge on any atom is -0.140 e. The van der Waals surface area contributed by atoms with Gasteiger partial charge in [-0.3, -0.25) is 0 Å². The summed E-state index contributed by atoms with van der Waals surface area (Å²) >= 11 is 1.97. The molecule has 0 aliphatic rings. The van der Waals surface area contributed by atoms with Crippen LogP contribution in [0.25, 0.3) is 10.4 Å². The van der Waals surface area contributed by atoms with Crippen molar-refractivity contribution in [2.24, 2.45) is 5.92 Å². The fourth-order valence-corrected chi connectivity index (χ4v) is 3.61. The van der Waals surface area contributed by atoms with E-state index in [0.29, 0.717) is 17.8 Å². The van der Waals surface area contributed by atoms with Gasteiger partial charge in [-0.15, -0.1) is 11.3 Å². The van der Waals surface area contributed by atoms with E-state index >= 15 is 0 Å². The zero-order valence-corrected chi connectivity index (χ0v) is 13.4. The molecule has 1 aromatic carbocycles. The fourth-order valence-electron chi connectivity index (χ4n) is 2.33. The molecule has 0 saturated heterocycles. The highest BCUT2D eigenvalue weighted by molar-refractivity contribution is 7.15. The molecule has 0 saturated carbocycles. The third kappa shape index (κ3) is 3.09. The third-order valence-corrected chi connectivity index (χ3v) is 5.36. The van der Waals surface area contributed by atoms with Crippen molar-refractivity contribution in [1.29, 1.82) is 0 Å². The Balaban J connectivity index is 2.47. The molecule has 1 aromatic heterocycles. The zero-order chi connectivity index (χ0) is 14.0. The minimum atomic E-state index is 0.610. The van der Waals surface area contributed by atoms with Gasteiger partial charge >= 0.3 is 0 Å². The lowest BCUT2D eigenvalue weighted by atomic mass is 9.88. The van der Waals surface area contributed by atoms with Gasteiger partial charge in [0.15, 0.2) is 0 Å². The molecule has 0 spiro atoms. The number of benzene rings is 1. The van der Waals surface area contributed by atoms with Crippen LogP contribution >= 0.6 is 11.3 Å². The molecule has 1 atom stereocenters. The van der Waals surface area contributed by atoms with Crippen molar-refractivity contribution in [3.8, 4) is 10.4 Å². The van der Waals surface area contributed by atoms with Crippen molar-refractivity contribution in [2.45, 2.75) is 46.5 Å². The molecule has 1 heteroatoms. The van der Waals surface area contributed by atoms with Gasteiger partial charge < -0.3 is 0 Å². The molecule has 0 bridgehead atoms. The van der Waals surface area contributed by atoms with E-state index in [1.54, 1.807) is 10.4 Å². The van der Waals surface area contributed by atoms with Gasteiger partial charge in [0.1, 0.15) is 0 Å². The average molecular weight is 272 g/mol. The lowest BCUT2D eigenvalue weighted by molar-refractivity contribution is 0.531.